The maximum Gasteiger partial charge on any atom is 0.231 e. The molecule has 4 nitrogen and oxygen atoms in total. The molecule has 1 aromatic heterocycles. The molecule has 0 saturated carbocycles. The number of hydrogen-bond donors (Lipinski definition) is 1. The highest BCUT2D eigenvalue weighted by atomic mass is 32.1. The van der Waals surface area contributed by atoms with Crippen LogP contribution in [0.15, 0.2) is 60.0 Å². The summed E-state index contributed by atoms with van der Waals surface area (Å²) in [6.07, 6.45) is 0.580. The molecule has 0 spiro atoms. The number of fused-ring (bicyclic) bond motifs is 1. The highest BCUT2D eigenvalue weighted by molar-refractivity contribution is 7.09. The van der Waals surface area contributed by atoms with Gasteiger partial charge in [0.2, 0.25) is 12.7 Å². The summed E-state index contributed by atoms with van der Waals surface area (Å²) < 4.78 is 24.0. The van der Waals surface area contributed by atoms with Gasteiger partial charge in [-0.2, -0.15) is 0 Å². The van der Waals surface area contributed by atoms with Gasteiger partial charge in [0.15, 0.2) is 11.5 Å². The Morgan fingerprint density at radius 2 is 1.93 bits per heavy atom. The van der Waals surface area contributed by atoms with Crippen molar-refractivity contribution in [2.75, 3.05) is 6.79 Å². The molecule has 4 rings (SSSR count). The lowest BCUT2D eigenvalue weighted by Gasteiger charge is -2.17. The Hall–Kier alpha value is -2.86. The van der Waals surface area contributed by atoms with Gasteiger partial charge < -0.3 is 14.8 Å². The van der Waals surface area contributed by atoms with Gasteiger partial charge in [-0.1, -0.05) is 24.3 Å². The van der Waals surface area contributed by atoms with Crippen LogP contribution in [-0.2, 0) is 17.8 Å². The smallest absolute Gasteiger partial charge is 0.231 e. The van der Waals surface area contributed by atoms with Crippen molar-refractivity contribution in [1.29, 1.82) is 0 Å². The first-order valence-electron chi connectivity index (χ1n) is 8.63. The fraction of sp³-hybridized carbons (Fsp3) is 0.190. The van der Waals surface area contributed by atoms with Crippen molar-refractivity contribution in [3.05, 3.63) is 81.8 Å². The van der Waals surface area contributed by atoms with Gasteiger partial charge in [-0.05, 0) is 53.3 Å². The van der Waals surface area contributed by atoms with Crippen molar-refractivity contribution in [2.24, 2.45) is 0 Å². The van der Waals surface area contributed by atoms with Crippen LogP contribution >= 0.6 is 11.3 Å². The summed E-state index contributed by atoms with van der Waals surface area (Å²) in [6, 6.07) is 15.7. The van der Waals surface area contributed by atoms with E-state index in [1.165, 1.54) is 12.1 Å². The zero-order valence-electron chi connectivity index (χ0n) is 14.5. The number of nitrogens with one attached hydrogen (secondary N) is 1. The lowest BCUT2D eigenvalue weighted by Crippen LogP contribution is -2.30. The molecule has 0 radical (unpaired) electrons. The molecule has 1 unspecified atom stereocenters. The average molecular weight is 383 g/mol. The normalized spacial score (nSPS) is 13.4. The van der Waals surface area contributed by atoms with E-state index in [9.17, 15) is 9.18 Å². The molecule has 1 aliphatic heterocycles. The molecule has 2 heterocycles. The molecule has 6 heteroatoms. The molecule has 2 aromatic carbocycles. The average Bonchev–Trinajstić information content (AvgIpc) is 3.36. The summed E-state index contributed by atoms with van der Waals surface area (Å²) >= 11 is 1.61. The number of benzene rings is 2. The van der Waals surface area contributed by atoms with Gasteiger partial charge in [-0.3, -0.25) is 4.79 Å². The molecule has 1 amide bonds. The number of rotatable bonds is 6. The van der Waals surface area contributed by atoms with E-state index in [2.05, 4.69) is 5.32 Å². The second kappa shape index (κ2) is 7.80. The third kappa shape index (κ3) is 4.11. The molecule has 0 bridgehead atoms. The van der Waals surface area contributed by atoms with E-state index in [1.807, 2.05) is 35.7 Å². The van der Waals surface area contributed by atoms with Crippen molar-refractivity contribution in [3.63, 3.8) is 0 Å². The summed E-state index contributed by atoms with van der Waals surface area (Å²) in [4.78, 5) is 14.0. The number of amides is 1. The largest absolute Gasteiger partial charge is 0.454 e. The second-order valence-corrected chi connectivity index (χ2v) is 7.33. The first kappa shape index (κ1) is 17.5. The minimum absolute atomic E-state index is 0.0901. The minimum atomic E-state index is -0.377. The van der Waals surface area contributed by atoms with E-state index in [1.54, 1.807) is 23.5 Å². The monoisotopic (exact) mass is 383 g/mol. The number of carbonyl (C=O) groups is 1. The minimum Gasteiger partial charge on any atom is -0.454 e. The topological polar surface area (TPSA) is 47.6 Å². The van der Waals surface area contributed by atoms with E-state index in [0.717, 1.165) is 16.0 Å². The lowest BCUT2D eigenvalue weighted by molar-refractivity contribution is -0.122. The van der Waals surface area contributed by atoms with E-state index < -0.39 is 0 Å². The van der Waals surface area contributed by atoms with Gasteiger partial charge in [0, 0.05) is 11.4 Å². The number of halogens is 1. The first-order chi connectivity index (χ1) is 13.2. The highest BCUT2D eigenvalue weighted by Crippen LogP contribution is 2.32. The van der Waals surface area contributed by atoms with Crippen LogP contribution in [0, 0.1) is 5.82 Å². The van der Waals surface area contributed by atoms with Crippen molar-refractivity contribution in [2.45, 2.75) is 18.9 Å². The van der Waals surface area contributed by atoms with Gasteiger partial charge in [0.25, 0.3) is 0 Å². The zero-order chi connectivity index (χ0) is 18.6. The Balaban J connectivity index is 1.48. The Bertz CT molecular complexity index is 925. The Morgan fingerprint density at radius 3 is 2.70 bits per heavy atom. The summed E-state index contributed by atoms with van der Waals surface area (Å²) in [7, 11) is 0. The molecule has 1 aliphatic rings. The number of hydrogen-bond acceptors (Lipinski definition) is 4. The second-order valence-electron chi connectivity index (χ2n) is 6.29. The van der Waals surface area contributed by atoms with E-state index in [4.69, 9.17) is 9.47 Å². The molecule has 0 saturated heterocycles. The predicted octanol–water partition coefficient (Wildman–Crippen LogP) is 4.26. The quantitative estimate of drug-likeness (QED) is 0.692. The molecule has 1 atom stereocenters. The predicted molar refractivity (Wildman–Crippen MR) is 102 cm³/mol. The third-order valence-corrected chi connectivity index (χ3v) is 5.38. The third-order valence-electron chi connectivity index (χ3n) is 4.48. The van der Waals surface area contributed by atoms with Crippen LogP contribution in [0.2, 0.25) is 0 Å². The van der Waals surface area contributed by atoms with Crippen molar-refractivity contribution in [3.8, 4) is 11.5 Å². The SMILES string of the molecule is O=C(NCc1ccc2c(c1)OCO2)C(Cc1cccs1)c1ccc(F)cc1. The van der Waals surface area contributed by atoms with Crippen LogP contribution in [-0.4, -0.2) is 12.7 Å². The number of ether oxygens (including phenoxy) is 2. The molecule has 0 fully saturated rings. The molecule has 27 heavy (non-hydrogen) atoms. The Morgan fingerprint density at radius 1 is 1.11 bits per heavy atom. The number of thiophene rings is 1. The maximum atomic E-state index is 13.3. The van der Waals surface area contributed by atoms with Crippen LogP contribution in [0.1, 0.15) is 21.9 Å². The van der Waals surface area contributed by atoms with Gasteiger partial charge in [-0.25, -0.2) is 4.39 Å². The van der Waals surface area contributed by atoms with E-state index in [-0.39, 0.29) is 24.4 Å². The molecule has 3 aromatic rings. The van der Waals surface area contributed by atoms with Gasteiger partial charge in [0.05, 0.1) is 5.92 Å². The summed E-state index contributed by atoms with van der Waals surface area (Å²) in [5.41, 5.74) is 1.73. The van der Waals surface area contributed by atoms with Crippen molar-refractivity contribution in [1.82, 2.24) is 5.32 Å². The molecule has 138 valence electrons. The Kier molecular flexibility index (Phi) is 5.07. The molecular weight excluding hydrogens is 365 g/mol. The maximum absolute atomic E-state index is 13.3. The fourth-order valence-corrected chi connectivity index (χ4v) is 3.80. The highest BCUT2D eigenvalue weighted by Gasteiger charge is 2.22. The van der Waals surface area contributed by atoms with Gasteiger partial charge >= 0.3 is 0 Å². The van der Waals surface area contributed by atoms with Crippen LogP contribution in [0.4, 0.5) is 4.39 Å². The zero-order valence-corrected chi connectivity index (χ0v) is 15.3. The van der Waals surface area contributed by atoms with Crippen molar-refractivity contribution >= 4 is 17.2 Å². The van der Waals surface area contributed by atoms with Gasteiger partial charge in [-0.15, -0.1) is 11.3 Å². The summed E-state index contributed by atoms with van der Waals surface area (Å²) in [6.45, 7) is 0.607. The number of carbonyl (C=O) groups excluding carboxylic acids is 1. The Labute approximate surface area is 160 Å². The standard InChI is InChI=1S/C21H18FNO3S/c22-16-6-4-15(5-7-16)18(11-17-2-1-9-27-17)21(24)23-12-14-3-8-19-20(10-14)26-13-25-19/h1-10,18H,11-13H2,(H,23,24). The van der Waals surface area contributed by atoms with Crippen LogP contribution < -0.4 is 14.8 Å². The molecule has 1 N–H and O–H groups in total. The van der Waals surface area contributed by atoms with E-state index >= 15 is 0 Å². The van der Waals surface area contributed by atoms with Crippen molar-refractivity contribution < 1.29 is 18.7 Å². The summed E-state index contributed by atoms with van der Waals surface area (Å²) in [5, 5.41) is 4.98. The lowest BCUT2D eigenvalue weighted by atomic mass is 9.94. The van der Waals surface area contributed by atoms with Gasteiger partial charge in [0.1, 0.15) is 5.82 Å². The van der Waals surface area contributed by atoms with E-state index in [0.29, 0.717) is 24.5 Å². The van der Waals surface area contributed by atoms with Crippen LogP contribution in [0.25, 0.3) is 0 Å². The molecular formula is C21H18FNO3S. The fourth-order valence-electron chi connectivity index (χ4n) is 3.05. The molecule has 0 aliphatic carbocycles. The summed E-state index contributed by atoms with van der Waals surface area (Å²) in [5.74, 6) is 0.628. The van der Waals surface area contributed by atoms with Crippen LogP contribution in [0.3, 0.4) is 0 Å². The first-order valence-corrected chi connectivity index (χ1v) is 9.51. The van der Waals surface area contributed by atoms with Crippen LogP contribution in [0.5, 0.6) is 11.5 Å².